The predicted octanol–water partition coefficient (Wildman–Crippen LogP) is 3.26. The zero-order valence-corrected chi connectivity index (χ0v) is 13.7. The molecule has 1 N–H and O–H groups in total. The van der Waals surface area contributed by atoms with Gasteiger partial charge in [0.25, 0.3) is 5.91 Å². The van der Waals surface area contributed by atoms with Crippen molar-refractivity contribution in [3.63, 3.8) is 0 Å². The van der Waals surface area contributed by atoms with Gasteiger partial charge < -0.3 is 4.74 Å². The quantitative estimate of drug-likeness (QED) is 0.822. The molecule has 0 aliphatic heterocycles. The van der Waals surface area contributed by atoms with E-state index in [1.54, 1.807) is 30.5 Å². The lowest BCUT2D eigenvalue weighted by atomic mass is 10.2. The van der Waals surface area contributed by atoms with Crippen LogP contribution >= 0.6 is 27.3 Å². The number of nitrogens with zero attached hydrogens (tertiary/aromatic N) is 1. The molecule has 21 heavy (non-hydrogen) atoms. The number of amides is 1. The van der Waals surface area contributed by atoms with E-state index < -0.39 is 0 Å². The largest absolute Gasteiger partial charge is 0.466 e. The lowest BCUT2D eigenvalue weighted by Crippen LogP contribution is -2.12. The van der Waals surface area contributed by atoms with Crippen molar-refractivity contribution in [1.29, 1.82) is 0 Å². The Morgan fingerprint density at radius 2 is 2.14 bits per heavy atom. The van der Waals surface area contributed by atoms with Gasteiger partial charge in [0.05, 0.1) is 24.3 Å². The van der Waals surface area contributed by atoms with Crippen LogP contribution in [0.15, 0.2) is 34.1 Å². The summed E-state index contributed by atoms with van der Waals surface area (Å²) in [6.45, 7) is 2.09. The highest BCUT2D eigenvalue weighted by molar-refractivity contribution is 9.10. The van der Waals surface area contributed by atoms with Gasteiger partial charge in [-0.15, -0.1) is 11.3 Å². The number of nitrogens with one attached hydrogen (secondary N) is 1. The Labute approximate surface area is 134 Å². The van der Waals surface area contributed by atoms with Crippen molar-refractivity contribution in [3.8, 4) is 0 Å². The monoisotopic (exact) mass is 368 g/mol. The summed E-state index contributed by atoms with van der Waals surface area (Å²) in [5, 5.41) is 4.89. The Bertz CT molecular complexity index is 657. The highest BCUT2D eigenvalue weighted by Gasteiger charge is 2.13. The van der Waals surface area contributed by atoms with Gasteiger partial charge in [0, 0.05) is 9.85 Å². The van der Waals surface area contributed by atoms with Crippen molar-refractivity contribution in [2.24, 2.45) is 0 Å². The van der Waals surface area contributed by atoms with Crippen LogP contribution in [-0.2, 0) is 16.0 Å². The van der Waals surface area contributed by atoms with Gasteiger partial charge in [0.2, 0.25) is 0 Å². The van der Waals surface area contributed by atoms with E-state index in [1.807, 2.05) is 6.07 Å². The molecule has 1 aromatic heterocycles. The lowest BCUT2D eigenvalue weighted by Gasteiger charge is -2.03. The Morgan fingerprint density at radius 1 is 1.38 bits per heavy atom. The number of anilines is 1. The van der Waals surface area contributed by atoms with Gasteiger partial charge in [-0.25, -0.2) is 4.98 Å². The molecule has 0 aliphatic carbocycles. The Morgan fingerprint density at radius 3 is 2.86 bits per heavy atom. The maximum Gasteiger partial charge on any atom is 0.311 e. The number of rotatable bonds is 5. The van der Waals surface area contributed by atoms with E-state index in [0.717, 1.165) is 0 Å². The third-order valence-electron chi connectivity index (χ3n) is 2.52. The van der Waals surface area contributed by atoms with Gasteiger partial charge in [-0.1, -0.05) is 12.1 Å². The fraction of sp³-hybridized carbons (Fsp3) is 0.214. The number of hydrogen-bond donors (Lipinski definition) is 1. The second-order valence-electron chi connectivity index (χ2n) is 4.06. The lowest BCUT2D eigenvalue weighted by molar-refractivity contribution is -0.142. The molecule has 0 radical (unpaired) electrons. The third kappa shape index (κ3) is 4.37. The fourth-order valence-corrected chi connectivity index (χ4v) is 2.79. The molecule has 110 valence electrons. The average Bonchev–Trinajstić information content (AvgIpc) is 2.86. The molecule has 1 aromatic carbocycles. The molecule has 0 fully saturated rings. The summed E-state index contributed by atoms with van der Waals surface area (Å²) in [6, 6.07) is 7.13. The number of halogens is 1. The van der Waals surface area contributed by atoms with Crippen molar-refractivity contribution < 1.29 is 14.3 Å². The van der Waals surface area contributed by atoms with Crippen LogP contribution in [0.25, 0.3) is 0 Å². The second kappa shape index (κ2) is 7.33. The van der Waals surface area contributed by atoms with E-state index in [9.17, 15) is 9.59 Å². The second-order valence-corrected chi connectivity index (χ2v) is 5.77. The molecule has 0 aliphatic rings. The minimum absolute atomic E-state index is 0.106. The maximum absolute atomic E-state index is 12.1. The third-order valence-corrected chi connectivity index (χ3v) is 4.02. The molecule has 1 amide bonds. The van der Waals surface area contributed by atoms with Gasteiger partial charge in [-0.05, 0) is 35.0 Å². The summed E-state index contributed by atoms with van der Waals surface area (Å²) in [4.78, 5) is 27.7. The molecule has 1 heterocycles. The van der Waals surface area contributed by atoms with E-state index in [-0.39, 0.29) is 18.3 Å². The summed E-state index contributed by atoms with van der Waals surface area (Å²) < 4.78 is 5.57. The Kier molecular flexibility index (Phi) is 5.46. The van der Waals surface area contributed by atoms with Crippen molar-refractivity contribution in [1.82, 2.24) is 4.98 Å². The maximum atomic E-state index is 12.1. The van der Waals surface area contributed by atoms with Crippen LogP contribution in [-0.4, -0.2) is 23.5 Å². The smallest absolute Gasteiger partial charge is 0.311 e. The summed E-state index contributed by atoms with van der Waals surface area (Å²) >= 11 is 4.60. The first-order valence-corrected chi connectivity index (χ1v) is 7.93. The highest BCUT2D eigenvalue weighted by Crippen LogP contribution is 2.20. The average molecular weight is 369 g/mol. The molecule has 0 saturated heterocycles. The number of thiazole rings is 1. The normalized spacial score (nSPS) is 10.2. The summed E-state index contributed by atoms with van der Waals surface area (Å²) in [7, 11) is 0. The van der Waals surface area contributed by atoms with E-state index in [2.05, 4.69) is 26.2 Å². The van der Waals surface area contributed by atoms with Crippen LogP contribution in [0.1, 0.15) is 23.0 Å². The van der Waals surface area contributed by atoms with E-state index in [1.165, 1.54) is 11.3 Å². The minimum Gasteiger partial charge on any atom is -0.466 e. The van der Waals surface area contributed by atoms with Crippen molar-refractivity contribution in [2.45, 2.75) is 13.3 Å². The Balaban J connectivity index is 2.01. The number of esters is 1. The first-order chi connectivity index (χ1) is 10.1. The molecule has 7 heteroatoms. The molecule has 2 aromatic rings. The number of aromatic nitrogens is 1. The van der Waals surface area contributed by atoms with Gasteiger partial charge in [-0.2, -0.15) is 0 Å². The molecule has 0 spiro atoms. The van der Waals surface area contributed by atoms with Crippen molar-refractivity contribution in [3.05, 3.63) is 45.4 Å². The topological polar surface area (TPSA) is 68.3 Å². The highest BCUT2D eigenvalue weighted by atomic mass is 79.9. The van der Waals surface area contributed by atoms with Crippen LogP contribution in [0.3, 0.4) is 0 Å². The zero-order chi connectivity index (χ0) is 15.2. The first kappa shape index (κ1) is 15.7. The van der Waals surface area contributed by atoms with E-state index >= 15 is 0 Å². The fourth-order valence-electron chi connectivity index (χ4n) is 1.62. The molecule has 0 unspecified atom stereocenters. The Hall–Kier alpha value is -1.73. The zero-order valence-electron chi connectivity index (χ0n) is 11.3. The number of hydrogen-bond acceptors (Lipinski definition) is 5. The molecule has 0 saturated carbocycles. The van der Waals surface area contributed by atoms with Gasteiger partial charge in [0.15, 0.2) is 5.13 Å². The van der Waals surface area contributed by atoms with Crippen LogP contribution in [0.4, 0.5) is 5.13 Å². The standard InChI is InChI=1S/C14H13BrN2O3S/c1-2-20-12(18)7-9-8-21-14(16-9)17-13(19)10-5-3-4-6-11(10)15/h3-6,8H,2,7H2,1H3,(H,16,17,19). The predicted molar refractivity (Wildman–Crippen MR) is 84.5 cm³/mol. The van der Waals surface area contributed by atoms with Crippen LogP contribution in [0, 0.1) is 0 Å². The van der Waals surface area contributed by atoms with Crippen molar-refractivity contribution in [2.75, 3.05) is 11.9 Å². The first-order valence-electron chi connectivity index (χ1n) is 6.26. The molecular formula is C14H13BrN2O3S. The molecule has 2 rings (SSSR count). The van der Waals surface area contributed by atoms with Crippen LogP contribution in [0.5, 0.6) is 0 Å². The number of carbonyl (C=O) groups excluding carboxylic acids is 2. The van der Waals surface area contributed by atoms with Gasteiger partial charge in [0.1, 0.15) is 0 Å². The van der Waals surface area contributed by atoms with Crippen LogP contribution < -0.4 is 5.32 Å². The van der Waals surface area contributed by atoms with Crippen LogP contribution in [0.2, 0.25) is 0 Å². The van der Waals surface area contributed by atoms with E-state index in [4.69, 9.17) is 4.74 Å². The number of carbonyl (C=O) groups is 2. The SMILES string of the molecule is CCOC(=O)Cc1csc(NC(=O)c2ccccc2Br)n1. The minimum atomic E-state index is -0.327. The van der Waals surface area contributed by atoms with E-state index in [0.29, 0.717) is 27.5 Å². The van der Waals surface area contributed by atoms with Gasteiger partial charge >= 0.3 is 5.97 Å². The molecule has 5 nitrogen and oxygen atoms in total. The number of ether oxygens (including phenoxy) is 1. The molecule has 0 bridgehead atoms. The summed E-state index contributed by atoms with van der Waals surface area (Å²) in [6.07, 6.45) is 0.106. The number of benzene rings is 1. The molecule has 0 atom stereocenters. The summed E-state index contributed by atoms with van der Waals surface area (Å²) in [5.74, 6) is -0.578. The summed E-state index contributed by atoms with van der Waals surface area (Å²) in [5.41, 5.74) is 1.11. The van der Waals surface area contributed by atoms with Gasteiger partial charge in [-0.3, -0.25) is 14.9 Å². The molecular weight excluding hydrogens is 356 g/mol. The van der Waals surface area contributed by atoms with Crippen molar-refractivity contribution >= 4 is 44.3 Å².